The van der Waals surface area contributed by atoms with Crippen LogP contribution in [0.15, 0.2) is 53.3 Å². The van der Waals surface area contributed by atoms with Crippen LogP contribution in [-0.2, 0) is 10.2 Å². The molecule has 2 aromatic rings. The molecule has 0 saturated heterocycles. The Balaban J connectivity index is 2.26. The third-order valence-corrected chi connectivity index (χ3v) is 4.04. The van der Waals surface area contributed by atoms with E-state index in [1.165, 1.54) is 0 Å². The molecule has 20 heavy (non-hydrogen) atoms. The van der Waals surface area contributed by atoms with E-state index in [9.17, 15) is 4.79 Å². The molecule has 0 aliphatic heterocycles. The van der Waals surface area contributed by atoms with Crippen LogP contribution >= 0.6 is 15.9 Å². The highest BCUT2D eigenvalue weighted by Gasteiger charge is 2.33. The molecule has 0 aliphatic rings. The number of nitrogens with zero attached hydrogens (tertiary/aromatic N) is 1. The Kier molecular flexibility index (Phi) is 4.55. The Hall–Kier alpha value is -1.68. The van der Waals surface area contributed by atoms with Crippen molar-refractivity contribution in [2.75, 3.05) is 5.32 Å². The number of carbonyl (C=O) groups is 1. The van der Waals surface area contributed by atoms with Crippen molar-refractivity contribution in [1.29, 1.82) is 0 Å². The van der Waals surface area contributed by atoms with Gasteiger partial charge in [-0.2, -0.15) is 0 Å². The van der Waals surface area contributed by atoms with Gasteiger partial charge in [0.15, 0.2) is 0 Å². The summed E-state index contributed by atoms with van der Waals surface area (Å²) in [5, 5.41) is 2.96. The Bertz CT molecular complexity index is 600. The molecule has 1 heterocycles. The summed E-state index contributed by atoms with van der Waals surface area (Å²) in [6, 6.07) is 13.4. The second-order valence-corrected chi connectivity index (χ2v) is 5.69. The third-order valence-electron chi connectivity index (χ3n) is 3.60. The van der Waals surface area contributed by atoms with Crippen LogP contribution in [0.4, 0.5) is 5.69 Å². The van der Waals surface area contributed by atoms with Crippen LogP contribution in [0.2, 0.25) is 0 Å². The van der Waals surface area contributed by atoms with Crippen LogP contribution in [-0.4, -0.2) is 10.9 Å². The maximum Gasteiger partial charge on any atom is 0.234 e. The largest absolute Gasteiger partial charge is 0.325 e. The molecule has 0 aliphatic carbocycles. The van der Waals surface area contributed by atoms with Gasteiger partial charge in [-0.3, -0.25) is 4.79 Å². The maximum absolute atomic E-state index is 12.6. The van der Waals surface area contributed by atoms with Crippen molar-refractivity contribution in [3.8, 4) is 0 Å². The lowest BCUT2D eigenvalue weighted by Gasteiger charge is -2.27. The van der Waals surface area contributed by atoms with Crippen LogP contribution in [0.5, 0.6) is 0 Å². The van der Waals surface area contributed by atoms with Crippen LogP contribution in [0.25, 0.3) is 0 Å². The van der Waals surface area contributed by atoms with Gasteiger partial charge in [0, 0.05) is 11.9 Å². The van der Waals surface area contributed by atoms with Crippen LogP contribution in [0, 0.1) is 0 Å². The lowest BCUT2D eigenvalue weighted by molar-refractivity contribution is -0.121. The number of benzene rings is 1. The maximum atomic E-state index is 12.6. The highest BCUT2D eigenvalue weighted by molar-refractivity contribution is 9.10. The lowest BCUT2D eigenvalue weighted by Crippen LogP contribution is -2.37. The number of hydrogen-bond acceptors (Lipinski definition) is 2. The summed E-state index contributed by atoms with van der Waals surface area (Å²) in [5.74, 6) is -0.00991. The van der Waals surface area contributed by atoms with Gasteiger partial charge in [-0.15, -0.1) is 0 Å². The minimum absolute atomic E-state index is 0.00991. The van der Waals surface area contributed by atoms with Gasteiger partial charge in [0.2, 0.25) is 5.91 Å². The summed E-state index contributed by atoms with van der Waals surface area (Å²) in [7, 11) is 0. The van der Waals surface area contributed by atoms with E-state index in [-0.39, 0.29) is 5.91 Å². The second kappa shape index (κ2) is 6.18. The monoisotopic (exact) mass is 332 g/mol. The van der Waals surface area contributed by atoms with Crippen molar-refractivity contribution in [1.82, 2.24) is 4.98 Å². The van der Waals surface area contributed by atoms with Gasteiger partial charge in [0.1, 0.15) is 4.60 Å². The Morgan fingerprint density at radius 1 is 1.30 bits per heavy atom. The minimum atomic E-state index is -0.545. The van der Waals surface area contributed by atoms with Crippen molar-refractivity contribution < 1.29 is 4.79 Å². The van der Waals surface area contributed by atoms with Gasteiger partial charge < -0.3 is 5.32 Å². The Morgan fingerprint density at radius 2 is 2.00 bits per heavy atom. The fraction of sp³-hybridized carbons (Fsp3) is 0.250. The normalized spacial score (nSPS) is 13.6. The van der Waals surface area contributed by atoms with E-state index in [2.05, 4.69) is 26.2 Å². The van der Waals surface area contributed by atoms with Crippen LogP contribution < -0.4 is 5.32 Å². The topological polar surface area (TPSA) is 42.0 Å². The van der Waals surface area contributed by atoms with E-state index in [0.717, 1.165) is 17.7 Å². The standard InChI is InChI=1S/C16H17BrN2O/c1-3-16(2,12-7-5-4-6-8-12)15(20)19-13-9-10-18-14(17)11-13/h4-11H,3H2,1-2H3,(H,18,19,20). The minimum Gasteiger partial charge on any atom is -0.325 e. The molecule has 104 valence electrons. The molecule has 3 nitrogen and oxygen atoms in total. The van der Waals surface area contributed by atoms with Gasteiger partial charge in [-0.05, 0) is 47.0 Å². The number of nitrogens with one attached hydrogen (secondary N) is 1. The Morgan fingerprint density at radius 3 is 2.60 bits per heavy atom. The van der Waals surface area contributed by atoms with Crippen molar-refractivity contribution in [2.45, 2.75) is 25.7 Å². The fourth-order valence-corrected chi connectivity index (χ4v) is 2.42. The molecule has 0 bridgehead atoms. The van der Waals surface area contributed by atoms with E-state index in [1.54, 1.807) is 18.3 Å². The number of rotatable bonds is 4. The van der Waals surface area contributed by atoms with Gasteiger partial charge in [-0.25, -0.2) is 4.98 Å². The van der Waals surface area contributed by atoms with E-state index >= 15 is 0 Å². The quantitative estimate of drug-likeness (QED) is 0.854. The first-order chi connectivity index (χ1) is 9.56. The number of halogens is 1. The molecule has 1 aromatic carbocycles. The van der Waals surface area contributed by atoms with E-state index in [0.29, 0.717) is 4.60 Å². The summed E-state index contributed by atoms with van der Waals surface area (Å²) in [4.78, 5) is 16.7. The number of anilines is 1. The predicted octanol–water partition coefficient (Wildman–Crippen LogP) is 4.15. The summed E-state index contributed by atoms with van der Waals surface area (Å²) in [6.45, 7) is 3.99. The number of pyridine rings is 1. The molecule has 1 unspecified atom stereocenters. The number of aromatic nitrogens is 1. The van der Waals surface area contributed by atoms with Crippen molar-refractivity contribution in [2.24, 2.45) is 0 Å². The molecule has 2 rings (SSSR count). The van der Waals surface area contributed by atoms with Crippen LogP contribution in [0.1, 0.15) is 25.8 Å². The SMILES string of the molecule is CCC(C)(C(=O)Nc1ccnc(Br)c1)c1ccccc1. The number of amides is 1. The molecular formula is C16H17BrN2O. The van der Waals surface area contributed by atoms with Gasteiger partial charge in [-0.1, -0.05) is 37.3 Å². The number of carbonyl (C=O) groups excluding carboxylic acids is 1. The van der Waals surface area contributed by atoms with Crippen molar-refractivity contribution in [3.05, 3.63) is 58.8 Å². The van der Waals surface area contributed by atoms with Crippen LogP contribution in [0.3, 0.4) is 0 Å². The smallest absolute Gasteiger partial charge is 0.234 e. The van der Waals surface area contributed by atoms with Gasteiger partial charge in [0.05, 0.1) is 5.41 Å². The summed E-state index contributed by atoms with van der Waals surface area (Å²) in [6.07, 6.45) is 2.39. The van der Waals surface area contributed by atoms with E-state index in [4.69, 9.17) is 0 Å². The first kappa shape index (κ1) is 14.7. The highest BCUT2D eigenvalue weighted by Crippen LogP contribution is 2.29. The molecule has 0 fully saturated rings. The first-order valence-electron chi connectivity index (χ1n) is 6.55. The predicted molar refractivity (Wildman–Crippen MR) is 84.7 cm³/mol. The molecule has 0 spiro atoms. The molecule has 0 saturated carbocycles. The molecular weight excluding hydrogens is 316 g/mol. The summed E-state index contributed by atoms with van der Waals surface area (Å²) in [5.41, 5.74) is 1.22. The van der Waals surface area contributed by atoms with Crippen molar-refractivity contribution >= 4 is 27.5 Å². The molecule has 4 heteroatoms. The average Bonchev–Trinajstić information content (AvgIpc) is 2.47. The molecule has 0 radical (unpaired) electrons. The highest BCUT2D eigenvalue weighted by atomic mass is 79.9. The van der Waals surface area contributed by atoms with E-state index < -0.39 is 5.41 Å². The summed E-state index contributed by atoms with van der Waals surface area (Å²) < 4.78 is 0.702. The first-order valence-corrected chi connectivity index (χ1v) is 7.34. The summed E-state index contributed by atoms with van der Waals surface area (Å²) >= 11 is 3.30. The zero-order valence-corrected chi connectivity index (χ0v) is 13.1. The van der Waals surface area contributed by atoms with E-state index in [1.807, 2.05) is 44.2 Å². The van der Waals surface area contributed by atoms with Gasteiger partial charge in [0.25, 0.3) is 0 Å². The molecule has 1 amide bonds. The third kappa shape index (κ3) is 3.07. The molecule has 1 N–H and O–H groups in total. The second-order valence-electron chi connectivity index (χ2n) is 4.87. The lowest BCUT2D eigenvalue weighted by atomic mass is 9.79. The fourth-order valence-electron chi connectivity index (χ4n) is 2.05. The zero-order valence-electron chi connectivity index (χ0n) is 11.6. The van der Waals surface area contributed by atoms with Gasteiger partial charge >= 0.3 is 0 Å². The molecule has 1 atom stereocenters. The zero-order chi connectivity index (χ0) is 14.6. The number of hydrogen-bond donors (Lipinski definition) is 1. The molecule has 1 aromatic heterocycles. The Labute approximate surface area is 127 Å². The van der Waals surface area contributed by atoms with Crippen molar-refractivity contribution in [3.63, 3.8) is 0 Å². The average molecular weight is 333 g/mol.